The van der Waals surface area contributed by atoms with E-state index in [2.05, 4.69) is 10.0 Å². The Kier molecular flexibility index (Phi) is 5.97. The van der Waals surface area contributed by atoms with E-state index in [-0.39, 0.29) is 5.75 Å². The fraction of sp³-hybridized carbons (Fsp3) is 0.400. The lowest BCUT2D eigenvalue weighted by Crippen LogP contribution is -2.51. The van der Waals surface area contributed by atoms with Crippen LogP contribution in [0.5, 0.6) is 0 Å². The molecule has 7 heteroatoms. The maximum atomic E-state index is 12.9. The first-order valence-electron chi connectivity index (χ1n) is 8.79. The fourth-order valence-corrected chi connectivity index (χ4v) is 4.40. The second kappa shape index (κ2) is 8.23. The summed E-state index contributed by atoms with van der Waals surface area (Å²) in [4.78, 5) is 3.72. The summed E-state index contributed by atoms with van der Waals surface area (Å²) in [6.07, 6.45) is -0.997. The molecule has 142 valence electrons. The van der Waals surface area contributed by atoms with Crippen molar-refractivity contribution >= 4 is 10.8 Å². The maximum absolute atomic E-state index is 12.9. The Hall–Kier alpha value is -2.18. The number of hydrogen-bond donors (Lipinski definition) is 0. The molecule has 0 radical (unpaired) electrons. The van der Waals surface area contributed by atoms with E-state index in [9.17, 15) is 4.21 Å². The van der Waals surface area contributed by atoms with Crippen LogP contribution in [0.1, 0.15) is 31.1 Å². The van der Waals surface area contributed by atoms with Gasteiger partial charge in [0.25, 0.3) is 0 Å². The molecular weight excluding hydrogens is 362 g/mol. The van der Waals surface area contributed by atoms with Gasteiger partial charge in [-0.25, -0.2) is 0 Å². The Morgan fingerprint density at radius 2 is 1.78 bits per heavy atom. The third kappa shape index (κ3) is 4.76. The predicted octanol–water partition coefficient (Wildman–Crippen LogP) is 4.67. The molecule has 0 bridgehead atoms. The molecule has 0 unspecified atom stereocenters. The Morgan fingerprint density at radius 1 is 1.11 bits per heavy atom. The number of benzene rings is 2. The van der Waals surface area contributed by atoms with Crippen molar-refractivity contribution in [3.63, 3.8) is 0 Å². The number of hydrogen-bond acceptors (Lipinski definition) is 4. The van der Waals surface area contributed by atoms with Gasteiger partial charge in [0, 0.05) is 9.81 Å². The molecule has 1 heterocycles. The summed E-state index contributed by atoms with van der Waals surface area (Å²) < 4.78 is 25.0. The fourth-order valence-electron chi connectivity index (χ4n) is 3.20. The molecule has 0 saturated carbocycles. The van der Waals surface area contributed by atoms with E-state index in [1.165, 1.54) is 0 Å². The van der Waals surface area contributed by atoms with Gasteiger partial charge in [0.1, 0.15) is 0 Å². The van der Waals surface area contributed by atoms with Crippen molar-refractivity contribution in [3.05, 3.63) is 76.2 Å². The minimum Gasteiger partial charge on any atom is -0.346 e. The monoisotopic (exact) mass is 385 g/mol. The van der Waals surface area contributed by atoms with E-state index in [0.717, 1.165) is 16.0 Å². The quantitative estimate of drug-likeness (QED) is 0.426. The van der Waals surface area contributed by atoms with E-state index >= 15 is 0 Å². The van der Waals surface area contributed by atoms with Crippen LogP contribution in [0.2, 0.25) is 0 Å². The molecule has 0 N–H and O–H groups in total. The Bertz CT molecular complexity index is 849. The molecule has 0 aromatic heterocycles. The van der Waals surface area contributed by atoms with Crippen LogP contribution >= 0.6 is 0 Å². The third-order valence-corrected chi connectivity index (χ3v) is 5.88. The summed E-state index contributed by atoms with van der Waals surface area (Å²) in [5, 5.41) is 3.95. The van der Waals surface area contributed by atoms with Crippen molar-refractivity contribution in [1.29, 1.82) is 0 Å². The second-order valence-corrected chi connectivity index (χ2v) is 8.52. The zero-order valence-corrected chi connectivity index (χ0v) is 16.4. The van der Waals surface area contributed by atoms with Crippen LogP contribution in [0.4, 0.5) is 0 Å². The van der Waals surface area contributed by atoms with Gasteiger partial charge in [-0.15, -0.1) is 0 Å². The largest absolute Gasteiger partial charge is 0.346 e. The molecule has 1 aliphatic heterocycles. The van der Waals surface area contributed by atoms with E-state index in [4.69, 9.17) is 15.0 Å². The van der Waals surface area contributed by atoms with Gasteiger partial charge < -0.3 is 9.47 Å². The van der Waals surface area contributed by atoms with Crippen LogP contribution in [0.3, 0.4) is 0 Å². The van der Waals surface area contributed by atoms with Crippen molar-refractivity contribution in [2.45, 2.75) is 49.7 Å². The molecule has 1 saturated heterocycles. The zero-order valence-electron chi connectivity index (χ0n) is 15.6. The van der Waals surface area contributed by atoms with Gasteiger partial charge in [-0.05, 0) is 44.0 Å². The second-order valence-electron chi connectivity index (χ2n) is 7.03. The van der Waals surface area contributed by atoms with Gasteiger partial charge in [-0.1, -0.05) is 53.1 Å². The van der Waals surface area contributed by atoms with Gasteiger partial charge in [-0.3, -0.25) is 4.21 Å². The highest BCUT2D eigenvalue weighted by Gasteiger charge is 2.44. The Labute approximate surface area is 161 Å². The highest BCUT2D eigenvalue weighted by molar-refractivity contribution is 7.85. The molecule has 0 amide bonds. The van der Waals surface area contributed by atoms with E-state index in [1.54, 1.807) is 0 Å². The summed E-state index contributed by atoms with van der Waals surface area (Å²) in [5.74, 6) is -0.660. The number of ether oxygens (including phenoxy) is 2. The summed E-state index contributed by atoms with van der Waals surface area (Å²) in [5.41, 5.74) is 11.1. The molecule has 0 aliphatic carbocycles. The van der Waals surface area contributed by atoms with E-state index in [1.807, 2.05) is 75.4 Å². The van der Waals surface area contributed by atoms with Gasteiger partial charge >= 0.3 is 0 Å². The van der Waals surface area contributed by atoms with E-state index in [0.29, 0.717) is 0 Å². The van der Waals surface area contributed by atoms with Crippen molar-refractivity contribution in [2.24, 2.45) is 5.11 Å². The first-order chi connectivity index (χ1) is 12.9. The van der Waals surface area contributed by atoms with Crippen LogP contribution in [-0.4, -0.2) is 27.9 Å². The van der Waals surface area contributed by atoms with Gasteiger partial charge in [0.05, 0.1) is 34.8 Å². The maximum Gasteiger partial charge on any atom is 0.164 e. The number of azide groups is 1. The van der Waals surface area contributed by atoms with Crippen molar-refractivity contribution in [1.82, 2.24) is 0 Å². The van der Waals surface area contributed by atoms with Crippen molar-refractivity contribution in [2.75, 3.05) is 5.75 Å². The molecule has 4 atom stereocenters. The van der Waals surface area contributed by atoms with Gasteiger partial charge in [-0.2, -0.15) is 0 Å². The summed E-state index contributed by atoms with van der Waals surface area (Å²) in [6, 6.07) is 16.6. The normalized spacial score (nSPS) is 25.4. The van der Waals surface area contributed by atoms with Gasteiger partial charge in [0.15, 0.2) is 5.79 Å². The third-order valence-electron chi connectivity index (χ3n) is 4.45. The van der Waals surface area contributed by atoms with Crippen LogP contribution in [0.25, 0.3) is 10.4 Å². The Balaban J connectivity index is 1.90. The lowest BCUT2D eigenvalue weighted by molar-refractivity contribution is -0.304. The van der Waals surface area contributed by atoms with Crippen molar-refractivity contribution in [3.8, 4) is 0 Å². The molecule has 3 rings (SSSR count). The first kappa shape index (κ1) is 19.6. The minimum atomic E-state index is -1.28. The lowest BCUT2D eigenvalue weighted by atomic mass is 9.97. The van der Waals surface area contributed by atoms with Gasteiger partial charge in [0.2, 0.25) is 0 Å². The van der Waals surface area contributed by atoms with Crippen LogP contribution in [0, 0.1) is 6.92 Å². The molecule has 1 aliphatic rings. The van der Waals surface area contributed by atoms with Crippen LogP contribution < -0.4 is 0 Å². The van der Waals surface area contributed by atoms with Crippen LogP contribution in [0.15, 0.2) is 64.6 Å². The molecular formula is C20H23N3O3S. The summed E-state index contributed by atoms with van der Waals surface area (Å²) >= 11 is 0. The lowest BCUT2D eigenvalue weighted by Gasteiger charge is -2.44. The standard InChI is InChI=1S/C20H23N3O3S/c1-14-9-11-16(12-10-14)27(24)13-17-18(22-23-21)19(26-20(2,3)25-17)15-7-5-4-6-8-15/h4-12,17-19H,13H2,1-3H3/t17-,18+,19+,27-/m0/s1. The molecule has 27 heavy (non-hydrogen) atoms. The number of aryl methyl sites for hydroxylation is 1. The summed E-state index contributed by atoms with van der Waals surface area (Å²) in [7, 11) is -1.28. The molecule has 2 aromatic rings. The molecule has 1 fully saturated rings. The Morgan fingerprint density at radius 3 is 2.41 bits per heavy atom. The minimum absolute atomic E-state index is 0.225. The average molecular weight is 385 g/mol. The van der Waals surface area contributed by atoms with Crippen molar-refractivity contribution < 1.29 is 13.7 Å². The zero-order chi connectivity index (χ0) is 19.4. The first-order valence-corrected chi connectivity index (χ1v) is 10.1. The SMILES string of the molecule is Cc1ccc([S@@](=O)C[C@@H]2OC(C)(C)O[C@H](c3ccccc3)[C@@H]2N=[N+]=[N-])cc1. The number of rotatable bonds is 5. The summed E-state index contributed by atoms with van der Waals surface area (Å²) in [6.45, 7) is 5.62. The highest BCUT2D eigenvalue weighted by Crippen LogP contribution is 2.38. The highest BCUT2D eigenvalue weighted by atomic mass is 32.2. The topological polar surface area (TPSA) is 84.3 Å². The molecule has 6 nitrogen and oxygen atoms in total. The predicted molar refractivity (Wildman–Crippen MR) is 105 cm³/mol. The average Bonchev–Trinajstić information content (AvgIpc) is 2.64. The van der Waals surface area contributed by atoms with E-state index < -0.39 is 34.8 Å². The van der Waals surface area contributed by atoms with Crippen LogP contribution in [-0.2, 0) is 20.3 Å². The molecule has 2 aromatic carbocycles. The number of nitrogens with zero attached hydrogens (tertiary/aromatic N) is 3. The smallest absolute Gasteiger partial charge is 0.164 e. The molecule has 0 spiro atoms.